The number of nitrogens with zero attached hydrogens (tertiary/aromatic N) is 1. The lowest BCUT2D eigenvalue weighted by Gasteiger charge is -2.17. The molecule has 1 aliphatic rings. The number of rotatable bonds is 5. The Bertz CT molecular complexity index is 985. The van der Waals surface area contributed by atoms with Crippen molar-refractivity contribution in [2.24, 2.45) is 5.92 Å². The number of H-pyrrole nitrogens is 1. The summed E-state index contributed by atoms with van der Waals surface area (Å²) < 4.78 is 0. The van der Waals surface area contributed by atoms with Gasteiger partial charge in [0.05, 0.1) is 11.1 Å². The van der Waals surface area contributed by atoms with Crippen molar-refractivity contribution in [3.8, 4) is 0 Å². The van der Waals surface area contributed by atoms with Crippen LogP contribution < -0.4 is 5.32 Å². The molecule has 1 fully saturated rings. The zero-order chi connectivity index (χ0) is 19.2. The molecule has 0 radical (unpaired) electrons. The van der Waals surface area contributed by atoms with Gasteiger partial charge in [0.2, 0.25) is 0 Å². The molecule has 3 N–H and O–H groups in total. The summed E-state index contributed by atoms with van der Waals surface area (Å²) in [5.41, 5.74) is 2.53. The van der Waals surface area contributed by atoms with Crippen molar-refractivity contribution in [2.45, 2.75) is 37.1 Å². The van der Waals surface area contributed by atoms with Crippen LogP contribution in [0, 0.1) is 5.92 Å². The highest BCUT2D eigenvalue weighted by Crippen LogP contribution is 2.47. The van der Waals surface area contributed by atoms with Crippen molar-refractivity contribution >= 4 is 38.6 Å². The van der Waals surface area contributed by atoms with Crippen molar-refractivity contribution in [3.63, 3.8) is 0 Å². The van der Waals surface area contributed by atoms with Gasteiger partial charge < -0.3 is 15.4 Å². The van der Waals surface area contributed by atoms with E-state index in [4.69, 9.17) is 0 Å². The predicted octanol–water partition coefficient (Wildman–Crippen LogP) is 4.89. The molecule has 1 amide bonds. The second kappa shape index (κ2) is 6.77. The number of hydrogen-bond acceptors (Lipinski definition) is 3. The normalized spacial score (nSPS) is 15.7. The Kier molecular flexibility index (Phi) is 4.56. The molecule has 0 spiro atoms. The zero-order valence-electron chi connectivity index (χ0n) is 15.3. The first-order valence-corrected chi connectivity index (χ1v) is 10.00. The summed E-state index contributed by atoms with van der Waals surface area (Å²) in [6.07, 6.45) is 6.35. The summed E-state index contributed by atoms with van der Waals surface area (Å²) in [4.78, 5) is 20.5. The lowest BCUT2D eigenvalue weighted by molar-refractivity contribution is 0.0785. The van der Waals surface area contributed by atoms with Crippen LogP contribution in [0.5, 0.6) is 0 Å². The van der Waals surface area contributed by atoms with E-state index in [1.165, 1.54) is 18.4 Å². The molecule has 140 valence electrons. The lowest BCUT2D eigenvalue weighted by Crippen LogP contribution is -2.17. The number of hydrogen-bond donors (Lipinski definition) is 3. The minimum atomic E-state index is -0.930. The highest BCUT2D eigenvalue weighted by molar-refractivity contribution is 9.09. The van der Waals surface area contributed by atoms with E-state index >= 15 is 0 Å². The minimum absolute atomic E-state index is 0.229. The minimum Gasteiger partial charge on any atom is -0.386 e. The Labute approximate surface area is 166 Å². The van der Waals surface area contributed by atoms with Crippen LogP contribution in [-0.2, 0) is 5.60 Å². The highest BCUT2D eigenvalue weighted by Gasteiger charge is 2.31. The Balaban J connectivity index is 1.52. The fourth-order valence-corrected chi connectivity index (χ4v) is 4.10. The number of benzene rings is 1. The first-order chi connectivity index (χ1) is 12.8. The third-order valence-corrected chi connectivity index (χ3v) is 6.27. The molecule has 1 atom stereocenters. The first kappa shape index (κ1) is 18.2. The van der Waals surface area contributed by atoms with Gasteiger partial charge in [-0.25, -0.2) is 4.98 Å². The van der Waals surface area contributed by atoms with Crippen LogP contribution in [0.3, 0.4) is 0 Å². The number of amides is 1. The SMILES string of the molecule is CC(C)(O)c1ccc(C(=O)Nc2cc3[nH]cc(C(Br)C4CC4)c3cn2)cc1. The van der Waals surface area contributed by atoms with Gasteiger partial charge in [-0.1, -0.05) is 28.1 Å². The second-order valence-corrected chi connectivity index (χ2v) is 8.68. The van der Waals surface area contributed by atoms with Crippen LogP contribution in [0.4, 0.5) is 5.82 Å². The van der Waals surface area contributed by atoms with Crippen molar-refractivity contribution in [3.05, 3.63) is 59.4 Å². The number of fused-ring (bicyclic) bond motifs is 1. The molecule has 4 rings (SSSR count). The average molecular weight is 428 g/mol. The fraction of sp³-hybridized carbons (Fsp3) is 0.333. The number of carbonyl (C=O) groups excluding carboxylic acids is 1. The van der Waals surface area contributed by atoms with E-state index in [2.05, 4.69) is 31.2 Å². The zero-order valence-corrected chi connectivity index (χ0v) is 16.9. The third-order valence-electron chi connectivity index (χ3n) is 5.03. The smallest absolute Gasteiger partial charge is 0.256 e. The molecule has 1 aliphatic carbocycles. The maximum absolute atomic E-state index is 12.5. The number of aromatic amines is 1. The molecule has 2 aromatic heterocycles. The fourth-order valence-electron chi connectivity index (χ4n) is 3.20. The Hall–Kier alpha value is -2.18. The number of alkyl halides is 1. The van der Waals surface area contributed by atoms with Crippen molar-refractivity contribution in [2.75, 3.05) is 5.32 Å². The summed E-state index contributed by atoms with van der Waals surface area (Å²) in [5.74, 6) is 0.979. The summed E-state index contributed by atoms with van der Waals surface area (Å²) in [7, 11) is 0. The predicted molar refractivity (Wildman–Crippen MR) is 110 cm³/mol. The second-order valence-electron chi connectivity index (χ2n) is 7.69. The Morgan fingerprint density at radius 2 is 2.04 bits per heavy atom. The Morgan fingerprint density at radius 3 is 2.67 bits per heavy atom. The largest absolute Gasteiger partial charge is 0.386 e. The quantitative estimate of drug-likeness (QED) is 0.507. The molecule has 3 aromatic rings. The van der Waals surface area contributed by atoms with E-state index in [9.17, 15) is 9.90 Å². The van der Waals surface area contributed by atoms with E-state index < -0.39 is 5.60 Å². The summed E-state index contributed by atoms with van der Waals surface area (Å²) in [5, 5.41) is 13.9. The van der Waals surface area contributed by atoms with Gasteiger partial charge in [-0.2, -0.15) is 0 Å². The Morgan fingerprint density at radius 1 is 1.33 bits per heavy atom. The van der Waals surface area contributed by atoms with Gasteiger partial charge in [0.15, 0.2) is 0 Å². The van der Waals surface area contributed by atoms with Crippen molar-refractivity contribution in [1.29, 1.82) is 0 Å². The topological polar surface area (TPSA) is 78.0 Å². The standard InChI is InChI=1S/C21H22BrN3O2/c1-21(2,27)14-7-5-13(6-8-14)20(26)25-18-9-17-15(10-24-18)16(11-23-17)19(22)12-3-4-12/h5-12,19,23,27H,3-4H2,1-2H3,(H,24,25,26). The van der Waals surface area contributed by atoms with Gasteiger partial charge in [0.1, 0.15) is 5.82 Å². The monoisotopic (exact) mass is 427 g/mol. The molecule has 1 saturated carbocycles. The molecule has 1 unspecified atom stereocenters. The van der Waals surface area contributed by atoms with Gasteiger partial charge in [0.25, 0.3) is 5.91 Å². The summed E-state index contributed by atoms with van der Waals surface area (Å²) >= 11 is 3.79. The lowest BCUT2D eigenvalue weighted by atomic mass is 9.97. The molecule has 0 aliphatic heterocycles. The number of pyridine rings is 1. The van der Waals surface area contributed by atoms with Gasteiger partial charge in [-0.05, 0) is 55.9 Å². The van der Waals surface area contributed by atoms with Crippen LogP contribution in [0.1, 0.15) is 53.0 Å². The number of halogens is 1. The molecule has 6 heteroatoms. The van der Waals surface area contributed by atoms with Gasteiger partial charge >= 0.3 is 0 Å². The van der Waals surface area contributed by atoms with E-state index in [0.29, 0.717) is 22.1 Å². The number of anilines is 1. The molecular weight excluding hydrogens is 406 g/mol. The molecule has 27 heavy (non-hydrogen) atoms. The van der Waals surface area contributed by atoms with Crippen LogP contribution >= 0.6 is 15.9 Å². The number of aromatic nitrogens is 2. The molecule has 1 aromatic carbocycles. The number of nitrogens with one attached hydrogen (secondary N) is 2. The average Bonchev–Trinajstić information content (AvgIpc) is 3.40. The van der Waals surface area contributed by atoms with Gasteiger partial charge in [0, 0.05) is 34.2 Å². The number of carbonyl (C=O) groups is 1. The van der Waals surface area contributed by atoms with Crippen LogP contribution in [0.2, 0.25) is 0 Å². The van der Waals surface area contributed by atoms with Gasteiger partial charge in [-0.3, -0.25) is 4.79 Å². The van der Waals surface area contributed by atoms with E-state index in [-0.39, 0.29) is 5.91 Å². The molecule has 0 bridgehead atoms. The molecule has 0 saturated heterocycles. The van der Waals surface area contributed by atoms with Crippen LogP contribution in [0.25, 0.3) is 10.9 Å². The van der Waals surface area contributed by atoms with Crippen molar-refractivity contribution < 1.29 is 9.90 Å². The maximum Gasteiger partial charge on any atom is 0.256 e. The summed E-state index contributed by atoms with van der Waals surface area (Å²) in [6.45, 7) is 3.43. The van der Waals surface area contributed by atoms with E-state index in [1.807, 2.05) is 18.5 Å². The van der Waals surface area contributed by atoms with Crippen LogP contribution in [-0.4, -0.2) is 21.0 Å². The van der Waals surface area contributed by atoms with E-state index in [0.717, 1.165) is 16.5 Å². The van der Waals surface area contributed by atoms with Crippen molar-refractivity contribution in [1.82, 2.24) is 9.97 Å². The third kappa shape index (κ3) is 3.77. The van der Waals surface area contributed by atoms with E-state index in [1.54, 1.807) is 38.1 Å². The first-order valence-electron chi connectivity index (χ1n) is 9.08. The maximum atomic E-state index is 12.5. The summed E-state index contributed by atoms with van der Waals surface area (Å²) in [6, 6.07) is 8.79. The molecule has 5 nitrogen and oxygen atoms in total. The number of aliphatic hydroxyl groups is 1. The highest BCUT2D eigenvalue weighted by atomic mass is 79.9. The molecule has 2 heterocycles. The molecular formula is C21H22BrN3O2. The van der Waals surface area contributed by atoms with Crippen LogP contribution in [0.15, 0.2) is 42.7 Å². The van der Waals surface area contributed by atoms with Gasteiger partial charge in [-0.15, -0.1) is 0 Å².